The van der Waals surface area contributed by atoms with E-state index in [1.165, 1.54) is 17.3 Å². The number of hydrogen-bond acceptors (Lipinski definition) is 5. The monoisotopic (exact) mass is 346 g/mol. The first kappa shape index (κ1) is 18.2. The van der Waals surface area contributed by atoms with Crippen LogP contribution >= 0.6 is 11.8 Å². The van der Waals surface area contributed by atoms with Gasteiger partial charge in [-0.1, -0.05) is 42.1 Å². The summed E-state index contributed by atoms with van der Waals surface area (Å²) in [5.74, 6) is 0.868. The Balaban J connectivity index is 1.85. The fourth-order valence-electron chi connectivity index (χ4n) is 2.08. The molecule has 2 N–H and O–H groups in total. The van der Waals surface area contributed by atoms with Crippen molar-refractivity contribution in [3.63, 3.8) is 0 Å². The van der Waals surface area contributed by atoms with Crippen LogP contribution in [0.4, 0.5) is 0 Å². The second-order valence-electron chi connectivity index (χ2n) is 5.41. The third-order valence-electron chi connectivity index (χ3n) is 3.25. The Bertz CT molecular complexity index is 699. The second kappa shape index (κ2) is 9.24. The average Bonchev–Trinajstić information content (AvgIpc) is 3.00. The molecule has 1 aromatic carbocycles. The maximum absolute atomic E-state index is 11.8. The van der Waals surface area contributed by atoms with Gasteiger partial charge in [-0.05, 0) is 31.1 Å². The number of carbonyl (C=O) groups excluding carboxylic acids is 1. The minimum atomic E-state index is -0.0636. The highest BCUT2D eigenvalue weighted by Crippen LogP contribution is 2.14. The van der Waals surface area contributed by atoms with Crippen molar-refractivity contribution in [1.82, 2.24) is 20.5 Å². The van der Waals surface area contributed by atoms with Crippen LogP contribution in [0.25, 0.3) is 12.2 Å². The van der Waals surface area contributed by atoms with Gasteiger partial charge in [-0.3, -0.25) is 9.89 Å². The van der Waals surface area contributed by atoms with Crippen LogP contribution in [-0.2, 0) is 9.53 Å². The van der Waals surface area contributed by atoms with Gasteiger partial charge in [-0.2, -0.15) is 0 Å². The number of nitrogens with zero attached hydrogens (tertiary/aromatic N) is 2. The summed E-state index contributed by atoms with van der Waals surface area (Å²) in [7, 11) is 1.61. The van der Waals surface area contributed by atoms with E-state index in [2.05, 4.69) is 33.5 Å². The molecule has 7 heteroatoms. The zero-order chi connectivity index (χ0) is 17.4. The lowest BCUT2D eigenvalue weighted by atomic mass is 10.1. The van der Waals surface area contributed by atoms with Crippen LogP contribution in [0, 0.1) is 6.92 Å². The van der Waals surface area contributed by atoms with Gasteiger partial charge in [-0.15, -0.1) is 5.10 Å². The Kier molecular flexibility index (Phi) is 7.02. The normalized spacial score (nSPS) is 12.5. The molecule has 0 saturated carbocycles. The number of thioether (sulfide) groups is 1. The number of aromatic amines is 1. The topological polar surface area (TPSA) is 79.9 Å². The summed E-state index contributed by atoms with van der Waals surface area (Å²) in [6, 6.07) is 8.10. The highest BCUT2D eigenvalue weighted by Gasteiger charge is 2.09. The number of aromatic nitrogens is 3. The number of hydrogen-bond donors (Lipinski definition) is 2. The largest absolute Gasteiger partial charge is 0.383 e. The van der Waals surface area contributed by atoms with Gasteiger partial charge in [0.05, 0.1) is 12.4 Å². The molecule has 1 amide bonds. The molecule has 24 heavy (non-hydrogen) atoms. The number of nitrogens with one attached hydrogen (secondary N) is 2. The Morgan fingerprint density at radius 3 is 2.96 bits per heavy atom. The number of benzene rings is 1. The van der Waals surface area contributed by atoms with E-state index in [0.717, 1.165) is 5.56 Å². The highest BCUT2D eigenvalue weighted by atomic mass is 32.2. The summed E-state index contributed by atoms with van der Waals surface area (Å²) in [4.78, 5) is 16.1. The number of H-pyrrole nitrogens is 1. The number of carbonyl (C=O) groups is 1. The van der Waals surface area contributed by atoms with E-state index in [1.807, 2.05) is 37.3 Å². The molecular formula is C17H22N4O2S. The van der Waals surface area contributed by atoms with Crippen molar-refractivity contribution in [2.24, 2.45) is 0 Å². The van der Waals surface area contributed by atoms with Gasteiger partial charge in [0.15, 0.2) is 0 Å². The van der Waals surface area contributed by atoms with Crippen LogP contribution in [0.3, 0.4) is 0 Å². The van der Waals surface area contributed by atoms with E-state index in [4.69, 9.17) is 4.74 Å². The maximum Gasteiger partial charge on any atom is 0.230 e. The van der Waals surface area contributed by atoms with E-state index < -0.39 is 0 Å². The van der Waals surface area contributed by atoms with Crippen molar-refractivity contribution in [1.29, 1.82) is 0 Å². The van der Waals surface area contributed by atoms with Gasteiger partial charge in [-0.25, -0.2) is 4.98 Å². The second-order valence-corrected chi connectivity index (χ2v) is 6.35. The van der Waals surface area contributed by atoms with Crippen molar-refractivity contribution >= 4 is 29.8 Å². The Morgan fingerprint density at radius 2 is 2.21 bits per heavy atom. The SMILES string of the molecule is COCC(C)NC(=O)CSc1n[nH]c(C=Cc2ccccc2C)n1. The molecule has 0 fully saturated rings. The van der Waals surface area contributed by atoms with E-state index in [-0.39, 0.29) is 17.7 Å². The Labute approximate surface area is 146 Å². The molecule has 0 bridgehead atoms. The summed E-state index contributed by atoms with van der Waals surface area (Å²) < 4.78 is 4.98. The molecule has 128 valence electrons. The first-order valence-electron chi connectivity index (χ1n) is 7.65. The number of ether oxygens (including phenoxy) is 1. The average molecular weight is 346 g/mol. The van der Waals surface area contributed by atoms with E-state index >= 15 is 0 Å². The number of aryl methyl sites for hydroxylation is 1. The van der Waals surface area contributed by atoms with Crippen molar-refractivity contribution in [3.8, 4) is 0 Å². The number of rotatable bonds is 8. The zero-order valence-electron chi connectivity index (χ0n) is 14.1. The molecule has 0 aliphatic heterocycles. The quantitative estimate of drug-likeness (QED) is 0.718. The summed E-state index contributed by atoms with van der Waals surface area (Å²) in [6.07, 6.45) is 3.86. The minimum absolute atomic E-state index is 0.0113. The van der Waals surface area contributed by atoms with E-state index in [1.54, 1.807) is 7.11 Å². The standard InChI is InChI=1S/C17H22N4O2S/c1-12-6-4-5-7-14(12)8-9-15-19-17(21-20-15)24-11-16(22)18-13(2)10-23-3/h4-9,13H,10-11H2,1-3H3,(H,18,22)(H,19,20,21). The van der Waals surface area contributed by atoms with Crippen molar-refractivity contribution < 1.29 is 9.53 Å². The summed E-state index contributed by atoms with van der Waals surface area (Å²) >= 11 is 1.29. The van der Waals surface area contributed by atoms with Crippen molar-refractivity contribution in [2.45, 2.75) is 25.0 Å². The van der Waals surface area contributed by atoms with Crippen LogP contribution in [0.2, 0.25) is 0 Å². The smallest absolute Gasteiger partial charge is 0.230 e. The predicted octanol–water partition coefficient (Wildman–Crippen LogP) is 2.53. The van der Waals surface area contributed by atoms with Crippen LogP contribution < -0.4 is 5.32 Å². The fourth-order valence-corrected chi connectivity index (χ4v) is 2.69. The lowest BCUT2D eigenvalue weighted by Gasteiger charge is -2.11. The van der Waals surface area contributed by atoms with Crippen molar-refractivity contribution in [3.05, 3.63) is 41.2 Å². The predicted molar refractivity (Wildman–Crippen MR) is 96.7 cm³/mol. The first-order chi connectivity index (χ1) is 11.6. The zero-order valence-corrected chi connectivity index (χ0v) is 14.9. The van der Waals surface area contributed by atoms with Gasteiger partial charge < -0.3 is 10.1 Å². The number of amides is 1. The summed E-state index contributed by atoms with van der Waals surface area (Å²) in [5, 5.41) is 10.4. The molecule has 0 radical (unpaired) electrons. The van der Waals surface area contributed by atoms with Crippen molar-refractivity contribution in [2.75, 3.05) is 19.5 Å². The molecule has 2 aromatic rings. The molecule has 1 aromatic heterocycles. The Hall–Kier alpha value is -2.12. The van der Waals surface area contributed by atoms with E-state index in [0.29, 0.717) is 17.6 Å². The van der Waals surface area contributed by atoms with Gasteiger partial charge in [0.1, 0.15) is 5.82 Å². The molecule has 0 aliphatic rings. The molecule has 0 saturated heterocycles. The lowest BCUT2D eigenvalue weighted by molar-refractivity contribution is -0.119. The molecule has 6 nitrogen and oxygen atoms in total. The van der Waals surface area contributed by atoms with Gasteiger partial charge in [0, 0.05) is 13.2 Å². The molecule has 2 rings (SSSR count). The van der Waals surface area contributed by atoms with E-state index in [9.17, 15) is 4.79 Å². The molecule has 1 unspecified atom stereocenters. The highest BCUT2D eigenvalue weighted by molar-refractivity contribution is 7.99. The lowest BCUT2D eigenvalue weighted by Crippen LogP contribution is -2.36. The number of methoxy groups -OCH3 is 1. The molecule has 1 heterocycles. The van der Waals surface area contributed by atoms with Crippen LogP contribution in [0.15, 0.2) is 29.4 Å². The molecular weight excluding hydrogens is 324 g/mol. The van der Waals surface area contributed by atoms with Gasteiger partial charge >= 0.3 is 0 Å². The minimum Gasteiger partial charge on any atom is -0.383 e. The molecule has 0 spiro atoms. The summed E-state index contributed by atoms with van der Waals surface area (Å²) in [5.41, 5.74) is 2.33. The fraction of sp³-hybridized carbons (Fsp3) is 0.353. The Morgan fingerprint density at radius 1 is 1.42 bits per heavy atom. The van der Waals surface area contributed by atoms with Crippen LogP contribution in [0.5, 0.6) is 0 Å². The first-order valence-corrected chi connectivity index (χ1v) is 8.64. The molecule has 1 atom stereocenters. The van der Waals surface area contributed by atoms with Crippen LogP contribution in [-0.4, -0.2) is 46.6 Å². The van der Waals surface area contributed by atoms with Gasteiger partial charge in [0.25, 0.3) is 0 Å². The third-order valence-corrected chi connectivity index (χ3v) is 4.10. The van der Waals surface area contributed by atoms with Crippen LogP contribution in [0.1, 0.15) is 23.9 Å². The molecule has 0 aliphatic carbocycles. The maximum atomic E-state index is 11.8. The third kappa shape index (κ3) is 5.82. The summed E-state index contributed by atoms with van der Waals surface area (Å²) in [6.45, 7) is 4.45. The van der Waals surface area contributed by atoms with Gasteiger partial charge in [0.2, 0.25) is 11.1 Å².